The summed E-state index contributed by atoms with van der Waals surface area (Å²) in [6.07, 6.45) is 1.90. The number of carbonyl (C=O) groups is 1. The van der Waals surface area contributed by atoms with Gasteiger partial charge in [0, 0.05) is 11.3 Å². The molecular weight excluding hydrogens is 214 g/mol. The molecule has 3 rings (SSSR count). The average Bonchev–Trinajstić information content (AvgIpc) is 3.11. The van der Waals surface area contributed by atoms with E-state index < -0.39 is 0 Å². The Balaban J connectivity index is 2.20. The lowest BCUT2D eigenvalue weighted by Crippen LogP contribution is -2.11. The molecule has 1 radical (unpaired) electrons. The van der Waals surface area contributed by atoms with Crippen LogP contribution in [0.5, 0.6) is 0 Å². The summed E-state index contributed by atoms with van der Waals surface area (Å²) in [5, 5.41) is 13.8. The zero-order chi connectivity index (χ0) is 11.8. The monoisotopic (exact) mass is 224 g/mol. The normalized spacial score (nSPS) is 14.8. The minimum atomic E-state index is 0.102. The summed E-state index contributed by atoms with van der Waals surface area (Å²) in [6, 6.07) is 10.5. The summed E-state index contributed by atoms with van der Waals surface area (Å²) in [7, 11) is 0. The molecular formula is C13H10N3O. The Hall–Kier alpha value is -2.15. The fourth-order valence-corrected chi connectivity index (χ4v) is 1.98. The van der Waals surface area contributed by atoms with Gasteiger partial charge in [-0.1, -0.05) is 12.1 Å². The van der Waals surface area contributed by atoms with E-state index in [0.29, 0.717) is 5.69 Å². The van der Waals surface area contributed by atoms with Gasteiger partial charge in [-0.15, -0.1) is 0 Å². The van der Waals surface area contributed by atoms with Crippen LogP contribution < -0.4 is 0 Å². The standard InChI is InChI=1S/C13H10N3O/c14-7-8-16-12(13(17)9-5-6-9)10-3-1-2-4-11(10)15-16/h1-2,4,9H,5-6,8H2. The van der Waals surface area contributed by atoms with Gasteiger partial charge >= 0.3 is 0 Å². The minimum absolute atomic E-state index is 0.102. The Morgan fingerprint density at radius 3 is 3.18 bits per heavy atom. The number of hydrogen-bond donors (Lipinski definition) is 0. The van der Waals surface area contributed by atoms with Crippen molar-refractivity contribution in [2.24, 2.45) is 5.92 Å². The van der Waals surface area contributed by atoms with E-state index in [2.05, 4.69) is 11.2 Å². The number of Topliss-reactive ketones (excluding diaryl/α,β-unsaturated/α-hetero) is 1. The third kappa shape index (κ3) is 1.60. The van der Waals surface area contributed by atoms with E-state index >= 15 is 0 Å². The second kappa shape index (κ2) is 3.70. The summed E-state index contributed by atoms with van der Waals surface area (Å²) in [4.78, 5) is 12.2. The van der Waals surface area contributed by atoms with Crippen molar-refractivity contribution in [3.8, 4) is 6.07 Å². The SMILES string of the molecule is N#CCn1nc2ccc[c]c2c1C(=O)C1CC1. The van der Waals surface area contributed by atoms with E-state index in [1.165, 1.54) is 4.68 Å². The quantitative estimate of drug-likeness (QED) is 0.749. The highest BCUT2D eigenvalue weighted by atomic mass is 16.1. The number of carbonyl (C=O) groups excluding carboxylic acids is 1. The molecule has 0 aliphatic heterocycles. The molecule has 4 nitrogen and oxygen atoms in total. The van der Waals surface area contributed by atoms with Crippen molar-refractivity contribution in [2.75, 3.05) is 0 Å². The highest BCUT2D eigenvalue weighted by Crippen LogP contribution is 2.34. The lowest BCUT2D eigenvalue weighted by molar-refractivity contribution is 0.0959. The topological polar surface area (TPSA) is 58.7 Å². The Kier molecular flexibility index (Phi) is 2.19. The van der Waals surface area contributed by atoms with Gasteiger partial charge in [0.2, 0.25) is 0 Å². The maximum absolute atomic E-state index is 12.2. The molecule has 4 heteroatoms. The number of aromatic nitrogens is 2. The molecule has 2 aromatic rings. The lowest BCUT2D eigenvalue weighted by atomic mass is 10.1. The van der Waals surface area contributed by atoms with Crippen molar-refractivity contribution in [1.29, 1.82) is 5.26 Å². The Morgan fingerprint density at radius 2 is 2.47 bits per heavy atom. The second-order valence-corrected chi connectivity index (χ2v) is 4.23. The first-order valence-electron chi connectivity index (χ1n) is 5.59. The van der Waals surface area contributed by atoms with Crippen LogP contribution in [0.1, 0.15) is 23.3 Å². The second-order valence-electron chi connectivity index (χ2n) is 4.23. The number of nitriles is 1. The molecule has 0 saturated heterocycles. The van der Waals surface area contributed by atoms with Crippen LogP contribution in [0.4, 0.5) is 0 Å². The van der Waals surface area contributed by atoms with Gasteiger partial charge in [-0.25, -0.2) is 4.68 Å². The summed E-state index contributed by atoms with van der Waals surface area (Å²) < 4.78 is 1.50. The summed E-state index contributed by atoms with van der Waals surface area (Å²) in [5.41, 5.74) is 1.27. The molecule has 0 spiro atoms. The molecule has 0 bridgehead atoms. The van der Waals surface area contributed by atoms with Crippen molar-refractivity contribution in [2.45, 2.75) is 19.4 Å². The Labute approximate surface area is 98.5 Å². The smallest absolute Gasteiger partial charge is 0.184 e. The van der Waals surface area contributed by atoms with Crippen LogP contribution in [0, 0.1) is 23.3 Å². The van der Waals surface area contributed by atoms with Crippen LogP contribution in [0.2, 0.25) is 0 Å². The molecule has 1 aromatic heterocycles. The van der Waals surface area contributed by atoms with E-state index in [-0.39, 0.29) is 18.2 Å². The third-order valence-electron chi connectivity index (χ3n) is 2.96. The largest absolute Gasteiger partial charge is 0.292 e. The molecule has 1 fully saturated rings. The van der Waals surface area contributed by atoms with Gasteiger partial charge < -0.3 is 0 Å². The predicted molar refractivity (Wildman–Crippen MR) is 61.2 cm³/mol. The van der Waals surface area contributed by atoms with Crippen LogP contribution in [-0.4, -0.2) is 15.6 Å². The van der Waals surface area contributed by atoms with Crippen molar-refractivity contribution >= 4 is 16.7 Å². The number of benzene rings is 1. The molecule has 0 unspecified atom stereocenters. The van der Waals surface area contributed by atoms with E-state index in [0.717, 1.165) is 23.7 Å². The van der Waals surface area contributed by atoms with Crippen LogP contribution in [0.25, 0.3) is 10.9 Å². The molecule has 83 valence electrons. The van der Waals surface area contributed by atoms with Gasteiger partial charge in [0.15, 0.2) is 5.78 Å². The van der Waals surface area contributed by atoms with E-state index in [9.17, 15) is 4.79 Å². The number of hydrogen-bond acceptors (Lipinski definition) is 3. The van der Waals surface area contributed by atoms with Gasteiger partial charge in [0.25, 0.3) is 0 Å². The van der Waals surface area contributed by atoms with Crippen LogP contribution in [0.15, 0.2) is 18.2 Å². The Morgan fingerprint density at radius 1 is 1.65 bits per heavy atom. The van der Waals surface area contributed by atoms with Gasteiger partial charge in [-0.2, -0.15) is 10.4 Å². The minimum Gasteiger partial charge on any atom is -0.292 e. The fourth-order valence-electron chi connectivity index (χ4n) is 1.98. The molecule has 17 heavy (non-hydrogen) atoms. The molecule has 1 aliphatic rings. The summed E-state index contributed by atoms with van der Waals surface area (Å²) in [5.74, 6) is 0.228. The van der Waals surface area contributed by atoms with E-state index in [1.54, 1.807) is 6.07 Å². The van der Waals surface area contributed by atoms with Gasteiger partial charge in [0.05, 0.1) is 11.6 Å². The highest BCUT2D eigenvalue weighted by molar-refractivity contribution is 6.07. The maximum Gasteiger partial charge on any atom is 0.184 e. The molecule has 1 aromatic carbocycles. The van der Waals surface area contributed by atoms with E-state index in [4.69, 9.17) is 5.26 Å². The number of rotatable bonds is 3. The molecule has 0 N–H and O–H groups in total. The van der Waals surface area contributed by atoms with E-state index in [1.807, 2.05) is 18.2 Å². The van der Waals surface area contributed by atoms with Crippen LogP contribution in [-0.2, 0) is 6.54 Å². The molecule has 1 aliphatic carbocycles. The first kappa shape index (κ1) is 10.0. The maximum atomic E-state index is 12.2. The lowest BCUT2D eigenvalue weighted by Gasteiger charge is -2.01. The fraction of sp³-hybridized carbons (Fsp3) is 0.308. The summed E-state index contributed by atoms with van der Waals surface area (Å²) >= 11 is 0. The van der Waals surface area contributed by atoms with Gasteiger partial charge in [-0.3, -0.25) is 4.79 Å². The molecule has 1 saturated carbocycles. The van der Waals surface area contributed by atoms with Crippen molar-refractivity contribution < 1.29 is 4.79 Å². The highest BCUT2D eigenvalue weighted by Gasteiger charge is 2.33. The number of nitrogens with zero attached hydrogens (tertiary/aromatic N) is 3. The zero-order valence-corrected chi connectivity index (χ0v) is 9.18. The first-order valence-corrected chi connectivity index (χ1v) is 5.59. The average molecular weight is 224 g/mol. The van der Waals surface area contributed by atoms with Crippen LogP contribution in [0.3, 0.4) is 0 Å². The summed E-state index contributed by atoms with van der Waals surface area (Å²) in [6.45, 7) is 0.107. The molecule has 0 atom stereocenters. The van der Waals surface area contributed by atoms with Gasteiger partial charge in [0.1, 0.15) is 12.2 Å². The predicted octanol–water partition coefficient (Wildman–Crippen LogP) is 1.95. The Bertz CT molecular complexity index is 632. The van der Waals surface area contributed by atoms with Gasteiger partial charge in [-0.05, 0) is 25.0 Å². The van der Waals surface area contributed by atoms with Crippen molar-refractivity contribution in [1.82, 2.24) is 9.78 Å². The number of fused-ring (bicyclic) bond motifs is 1. The zero-order valence-electron chi connectivity index (χ0n) is 9.18. The van der Waals surface area contributed by atoms with Crippen LogP contribution >= 0.6 is 0 Å². The third-order valence-corrected chi connectivity index (χ3v) is 2.96. The van der Waals surface area contributed by atoms with Crippen molar-refractivity contribution in [3.05, 3.63) is 30.0 Å². The first-order chi connectivity index (χ1) is 8.31. The molecule has 0 amide bonds. The van der Waals surface area contributed by atoms with Crippen molar-refractivity contribution in [3.63, 3.8) is 0 Å². The molecule has 1 heterocycles. The number of ketones is 1.